The molecule has 0 aliphatic carbocycles. The lowest BCUT2D eigenvalue weighted by Crippen LogP contribution is -2.44. The summed E-state index contributed by atoms with van der Waals surface area (Å²) in [4.78, 5) is 16.7. The molecule has 0 atom stereocenters. The summed E-state index contributed by atoms with van der Waals surface area (Å²) < 4.78 is 18.2. The smallest absolute Gasteiger partial charge is 0.408 e. The van der Waals surface area contributed by atoms with Gasteiger partial charge in [0.05, 0.1) is 18.4 Å². The average molecular weight is 485 g/mol. The van der Waals surface area contributed by atoms with Gasteiger partial charge >= 0.3 is 6.09 Å². The minimum Gasteiger partial charge on any atom is -0.497 e. The molecule has 0 unspecified atom stereocenters. The highest BCUT2D eigenvalue weighted by molar-refractivity contribution is 7.98. The van der Waals surface area contributed by atoms with E-state index in [1.807, 2.05) is 35.6 Å². The Morgan fingerprint density at radius 2 is 1.94 bits per heavy atom. The Hall–Kier alpha value is -3.34. The molecular weight excluding hydrogens is 456 g/mol. The molecule has 3 aromatic heterocycles. The van der Waals surface area contributed by atoms with E-state index in [0.717, 1.165) is 27.9 Å². The maximum absolute atomic E-state index is 12.2. The lowest BCUT2D eigenvalue weighted by atomic mass is 10.1. The number of nitrogens with one attached hydrogen (secondary N) is 1. The fraction of sp³-hybridized carbons (Fsp3) is 0.435. The molecule has 1 amide bonds. The number of ether oxygens (including phenoxy) is 2. The van der Waals surface area contributed by atoms with Crippen molar-refractivity contribution in [3.8, 4) is 5.75 Å². The number of aromatic nitrogens is 5. The molecule has 4 rings (SSSR count). The van der Waals surface area contributed by atoms with Crippen molar-refractivity contribution < 1.29 is 18.8 Å². The van der Waals surface area contributed by atoms with E-state index in [2.05, 4.69) is 25.7 Å². The Bertz CT molecular complexity index is 1360. The van der Waals surface area contributed by atoms with Crippen LogP contribution in [0.25, 0.3) is 16.6 Å². The molecule has 1 N–H and O–H groups in total. The molecule has 4 aromatic rings. The van der Waals surface area contributed by atoms with E-state index in [9.17, 15) is 4.79 Å². The van der Waals surface area contributed by atoms with Gasteiger partial charge in [-0.05, 0) is 65.3 Å². The number of thioether (sulfide) groups is 1. The number of carbonyl (C=O) groups excluding carboxylic acids is 1. The molecule has 10 nitrogen and oxygen atoms in total. The molecule has 0 spiro atoms. The van der Waals surface area contributed by atoms with Crippen LogP contribution in [0.4, 0.5) is 4.79 Å². The highest BCUT2D eigenvalue weighted by Crippen LogP contribution is 2.30. The van der Waals surface area contributed by atoms with Gasteiger partial charge in [-0.25, -0.2) is 4.79 Å². The third-order valence-electron chi connectivity index (χ3n) is 5.04. The third-order valence-corrected chi connectivity index (χ3v) is 5.95. The van der Waals surface area contributed by atoms with Crippen molar-refractivity contribution in [2.45, 2.75) is 63.6 Å². The first kappa shape index (κ1) is 23.8. The summed E-state index contributed by atoms with van der Waals surface area (Å²) in [5.74, 6) is 1.90. The van der Waals surface area contributed by atoms with Crippen LogP contribution in [0.5, 0.6) is 5.75 Å². The van der Waals surface area contributed by atoms with Crippen molar-refractivity contribution in [1.29, 1.82) is 0 Å². The summed E-state index contributed by atoms with van der Waals surface area (Å²) in [6, 6.07) is 7.94. The summed E-state index contributed by atoms with van der Waals surface area (Å²) in [6.45, 7) is 11.0. The largest absolute Gasteiger partial charge is 0.497 e. The maximum atomic E-state index is 12.2. The second-order valence-corrected chi connectivity index (χ2v) is 10.4. The number of fused-ring (bicyclic) bond motifs is 3. The van der Waals surface area contributed by atoms with Crippen LogP contribution in [0, 0.1) is 6.92 Å². The number of hydrogen-bond donors (Lipinski definition) is 1. The van der Waals surface area contributed by atoms with E-state index in [-0.39, 0.29) is 0 Å². The van der Waals surface area contributed by atoms with Crippen molar-refractivity contribution in [1.82, 2.24) is 30.1 Å². The van der Waals surface area contributed by atoms with Crippen LogP contribution in [0.2, 0.25) is 0 Å². The number of hydrogen-bond acceptors (Lipinski definition) is 9. The van der Waals surface area contributed by atoms with Crippen LogP contribution in [-0.4, -0.2) is 43.5 Å². The van der Waals surface area contributed by atoms with Gasteiger partial charge in [-0.3, -0.25) is 4.40 Å². The second kappa shape index (κ2) is 8.79. The summed E-state index contributed by atoms with van der Waals surface area (Å²) >= 11 is 1.43. The molecule has 0 fully saturated rings. The SMILES string of the molecule is COc1ccc2c(C)cc3nnc(SCc4nc(C(C)(C)NC(=O)OC(C)(C)C)no4)n3c2c1. The van der Waals surface area contributed by atoms with E-state index in [1.54, 1.807) is 41.7 Å². The predicted molar refractivity (Wildman–Crippen MR) is 128 cm³/mol. The molecule has 0 bridgehead atoms. The number of aryl methyl sites for hydroxylation is 1. The summed E-state index contributed by atoms with van der Waals surface area (Å²) in [6.07, 6.45) is -0.550. The number of alkyl carbamates (subject to hydrolysis) is 1. The number of benzene rings is 1. The predicted octanol–water partition coefficient (Wildman–Crippen LogP) is 4.63. The zero-order valence-electron chi connectivity index (χ0n) is 20.3. The topological polar surface area (TPSA) is 117 Å². The third kappa shape index (κ3) is 4.93. The van der Waals surface area contributed by atoms with Crippen LogP contribution >= 0.6 is 11.8 Å². The molecule has 180 valence electrons. The Morgan fingerprint density at radius 1 is 1.18 bits per heavy atom. The fourth-order valence-electron chi connectivity index (χ4n) is 3.43. The van der Waals surface area contributed by atoms with Crippen molar-refractivity contribution in [3.63, 3.8) is 0 Å². The number of rotatable bonds is 6. The van der Waals surface area contributed by atoms with Gasteiger partial charge in [0.1, 0.15) is 16.9 Å². The Balaban J connectivity index is 1.54. The maximum Gasteiger partial charge on any atom is 0.408 e. The molecule has 1 aromatic carbocycles. The fourth-order valence-corrected chi connectivity index (χ4v) is 4.22. The molecule has 0 radical (unpaired) electrons. The van der Waals surface area contributed by atoms with Gasteiger partial charge in [0.25, 0.3) is 0 Å². The monoisotopic (exact) mass is 484 g/mol. The lowest BCUT2D eigenvalue weighted by molar-refractivity contribution is 0.0465. The standard InChI is InChI=1S/C23H28N6O4S/c1-13-10-17-26-27-20(29(17)16-11-14(31-7)8-9-15(13)16)34-12-18-24-19(28-33-18)23(5,6)25-21(30)32-22(2,3)4/h8-11H,12H2,1-7H3,(H,25,30). The van der Waals surface area contributed by atoms with Gasteiger partial charge in [-0.1, -0.05) is 16.9 Å². The number of pyridine rings is 1. The molecule has 0 aliphatic heterocycles. The molecule has 0 aliphatic rings. The molecule has 0 saturated heterocycles. The lowest BCUT2D eigenvalue weighted by Gasteiger charge is -2.26. The Labute approximate surface area is 201 Å². The van der Waals surface area contributed by atoms with E-state index < -0.39 is 17.2 Å². The zero-order chi connectivity index (χ0) is 24.7. The first-order valence-electron chi connectivity index (χ1n) is 10.8. The van der Waals surface area contributed by atoms with E-state index in [1.165, 1.54) is 11.8 Å². The van der Waals surface area contributed by atoms with Gasteiger partial charge in [0, 0.05) is 11.5 Å². The minimum atomic E-state index is -0.874. The van der Waals surface area contributed by atoms with Gasteiger partial charge in [-0.15, -0.1) is 10.2 Å². The first-order chi connectivity index (χ1) is 16.0. The van der Waals surface area contributed by atoms with Gasteiger partial charge in [0.15, 0.2) is 16.6 Å². The number of carbonyl (C=O) groups is 1. The molecule has 11 heteroatoms. The minimum absolute atomic E-state index is 0.353. The van der Waals surface area contributed by atoms with E-state index in [0.29, 0.717) is 22.6 Å². The van der Waals surface area contributed by atoms with Crippen LogP contribution in [0.3, 0.4) is 0 Å². The van der Waals surface area contributed by atoms with E-state index >= 15 is 0 Å². The van der Waals surface area contributed by atoms with Crippen LogP contribution < -0.4 is 10.1 Å². The van der Waals surface area contributed by atoms with Crippen LogP contribution in [0.1, 0.15) is 51.9 Å². The van der Waals surface area contributed by atoms with Crippen molar-refractivity contribution >= 4 is 34.4 Å². The molecule has 0 saturated carbocycles. The van der Waals surface area contributed by atoms with Gasteiger partial charge < -0.3 is 19.3 Å². The summed E-state index contributed by atoms with van der Waals surface area (Å²) in [5.41, 5.74) is 1.33. The van der Waals surface area contributed by atoms with Crippen molar-refractivity contribution in [3.05, 3.63) is 41.5 Å². The molecule has 3 heterocycles. The van der Waals surface area contributed by atoms with Crippen LogP contribution in [0.15, 0.2) is 33.9 Å². The number of amides is 1. The first-order valence-corrected chi connectivity index (χ1v) is 11.7. The highest BCUT2D eigenvalue weighted by Gasteiger charge is 2.31. The normalized spacial score (nSPS) is 12.3. The van der Waals surface area contributed by atoms with Gasteiger partial charge in [0.2, 0.25) is 5.89 Å². The Morgan fingerprint density at radius 3 is 2.65 bits per heavy atom. The number of methoxy groups -OCH3 is 1. The Kier molecular flexibility index (Phi) is 6.15. The quantitative estimate of drug-likeness (QED) is 0.391. The summed E-state index contributed by atoms with van der Waals surface area (Å²) in [7, 11) is 1.64. The number of nitrogens with zero attached hydrogens (tertiary/aromatic N) is 5. The highest BCUT2D eigenvalue weighted by atomic mass is 32.2. The van der Waals surface area contributed by atoms with Crippen LogP contribution in [-0.2, 0) is 16.0 Å². The molecular formula is C23H28N6O4S. The molecule has 34 heavy (non-hydrogen) atoms. The second-order valence-electron chi connectivity index (χ2n) is 9.44. The van der Waals surface area contributed by atoms with Crippen molar-refractivity contribution in [2.75, 3.05) is 7.11 Å². The zero-order valence-corrected chi connectivity index (χ0v) is 21.1. The van der Waals surface area contributed by atoms with Crippen molar-refractivity contribution in [2.24, 2.45) is 0 Å². The van der Waals surface area contributed by atoms with E-state index in [4.69, 9.17) is 14.0 Å². The van der Waals surface area contributed by atoms with Gasteiger partial charge in [-0.2, -0.15) is 4.98 Å². The average Bonchev–Trinajstić information content (AvgIpc) is 3.37. The summed E-state index contributed by atoms with van der Waals surface area (Å²) in [5, 5.41) is 17.3.